The minimum absolute atomic E-state index is 0.287. The van der Waals surface area contributed by atoms with Gasteiger partial charge in [0.25, 0.3) is 0 Å². The van der Waals surface area contributed by atoms with Gasteiger partial charge in [0.05, 0.1) is 36.0 Å². The van der Waals surface area contributed by atoms with Gasteiger partial charge >= 0.3 is 5.97 Å². The molecule has 0 unspecified atom stereocenters. The van der Waals surface area contributed by atoms with Crippen molar-refractivity contribution in [2.75, 3.05) is 37.7 Å². The normalized spacial score (nSPS) is 13.7. The molecule has 0 atom stereocenters. The fraction of sp³-hybridized carbons (Fsp3) is 0.194. The van der Waals surface area contributed by atoms with Gasteiger partial charge in [0.1, 0.15) is 24.6 Å². The fourth-order valence-electron chi connectivity index (χ4n) is 10.6. The maximum Gasteiger partial charge on any atom is 0.338 e. The minimum Gasteiger partial charge on any atom is -0.462 e. The average Bonchev–Trinajstić information content (AvgIpc) is 4.07. The molecule has 0 radical (unpaired) electrons. The molecule has 0 saturated heterocycles. The summed E-state index contributed by atoms with van der Waals surface area (Å²) in [7, 11) is 0. The molecule has 0 spiro atoms. The first-order chi connectivity index (χ1) is 35.1. The van der Waals surface area contributed by atoms with Crippen LogP contribution in [0.5, 0.6) is 11.5 Å². The van der Waals surface area contributed by atoms with Crippen LogP contribution < -0.4 is 24.8 Å². The Bertz CT molecular complexity index is 3550. The Hall–Kier alpha value is -8.30. The van der Waals surface area contributed by atoms with Crippen LogP contribution in [0.15, 0.2) is 179 Å². The van der Waals surface area contributed by atoms with Gasteiger partial charge in [-0.25, -0.2) is 19.3 Å². The van der Waals surface area contributed by atoms with Crippen molar-refractivity contribution in [1.82, 2.24) is 14.5 Å². The third-order valence-corrected chi connectivity index (χ3v) is 14.0. The Balaban J connectivity index is 0.936. The van der Waals surface area contributed by atoms with E-state index in [9.17, 15) is 4.79 Å². The fourth-order valence-corrected chi connectivity index (χ4v) is 10.6. The number of aryl methyl sites for hydroxylation is 2. The highest BCUT2D eigenvalue weighted by Crippen LogP contribution is 2.43. The molecule has 0 fully saturated rings. The number of anilines is 1. The van der Waals surface area contributed by atoms with E-state index in [0.29, 0.717) is 30.2 Å². The quantitative estimate of drug-likeness (QED) is 0.0834. The van der Waals surface area contributed by atoms with Gasteiger partial charge in [-0.1, -0.05) is 115 Å². The molecule has 0 amide bonds. The van der Waals surface area contributed by atoms with E-state index in [2.05, 4.69) is 64.1 Å². The van der Waals surface area contributed by atoms with Gasteiger partial charge in [-0.3, -0.25) is 0 Å². The number of benzene rings is 7. The lowest BCUT2D eigenvalue weighted by molar-refractivity contribution is 0.0526. The number of aromatic nitrogens is 2. The molecule has 7 aromatic carbocycles. The number of hydrogen-bond acceptors (Lipinski definition) is 8. The van der Waals surface area contributed by atoms with Crippen LogP contribution in [0.4, 0.5) is 5.69 Å². The molecule has 12 rings (SSSR count). The van der Waals surface area contributed by atoms with Crippen LogP contribution in [0.1, 0.15) is 63.8 Å². The summed E-state index contributed by atoms with van der Waals surface area (Å²) in [6.07, 6.45) is 5.27. The molecule has 3 aliphatic heterocycles. The first-order valence-electron chi connectivity index (χ1n) is 24.9. The second kappa shape index (κ2) is 19.2. The summed E-state index contributed by atoms with van der Waals surface area (Å²) in [5, 5.41) is 2.13. The molecule has 9 aromatic rings. The van der Waals surface area contributed by atoms with Crippen LogP contribution in [0.3, 0.4) is 0 Å². The number of ether oxygens (including phenoxy) is 2. The number of hydrogen-bond donors (Lipinski definition) is 0. The molecule has 350 valence electrons. The number of nitrogens with zero attached hydrogens (tertiary/aromatic N) is 4. The SMILES string of the molecule is CCOC(=O)c1ccccc1C1=c2cc3c(cc2Oc2cc4c(cc21)CCCN4CCc1nc(-c2ccccc2)oc1-c1ccccc1)=[N+](CCc1nc(-c2ccccc2)oc1-c1ccccc1)CCC3. The molecule has 9 heteroatoms. The zero-order valence-electron chi connectivity index (χ0n) is 39.8. The van der Waals surface area contributed by atoms with E-state index in [-0.39, 0.29) is 12.6 Å². The smallest absolute Gasteiger partial charge is 0.338 e. The van der Waals surface area contributed by atoms with Gasteiger partial charge in [-0.05, 0) is 79.8 Å². The lowest BCUT2D eigenvalue weighted by Crippen LogP contribution is -2.40. The van der Waals surface area contributed by atoms with Crippen molar-refractivity contribution < 1.29 is 23.1 Å². The zero-order chi connectivity index (χ0) is 47.7. The van der Waals surface area contributed by atoms with Gasteiger partial charge in [-0.2, -0.15) is 0 Å². The third kappa shape index (κ3) is 8.62. The van der Waals surface area contributed by atoms with Crippen molar-refractivity contribution in [3.63, 3.8) is 0 Å². The van der Waals surface area contributed by atoms with E-state index < -0.39 is 0 Å². The summed E-state index contributed by atoms with van der Waals surface area (Å²) in [6, 6.07) is 57.7. The van der Waals surface area contributed by atoms with Crippen molar-refractivity contribution in [1.29, 1.82) is 0 Å². The monoisotopic (exact) mass is 933 g/mol. The van der Waals surface area contributed by atoms with Crippen LogP contribution in [0.2, 0.25) is 0 Å². The molecule has 3 aliphatic rings. The number of rotatable bonds is 13. The van der Waals surface area contributed by atoms with Crippen LogP contribution in [0, 0.1) is 0 Å². The highest BCUT2D eigenvalue weighted by molar-refractivity contribution is 5.99. The van der Waals surface area contributed by atoms with Crippen molar-refractivity contribution in [3.8, 4) is 57.1 Å². The summed E-state index contributed by atoms with van der Waals surface area (Å²) >= 11 is 0. The van der Waals surface area contributed by atoms with Gasteiger partial charge in [0.2, 0.25) is 17.1 Å². The minimum atomic E-state index is -0.338. The summed E-state index contributed by atoms with van der Waals surface area (Å²) in [4.78, 5) is 26.4. The lowest BCUT2D eigenvalue weighted by atomic mass is 9.86. The summed E-state index contributed by atoms with van der Waals surface area (Å²) in [5.41, 5.74) is 12.8. The Morgan fingerprint density at radius 1 is 0.620 bits per heavy atom. The molecule has 71 heavy (non-hydrogen) atoms. The Kier molecular flexibility index (Phi) is 11.9. The zero-order valence-corrected chi connectivity index (χ0v) is 39.8. The number of carbonyl (C=O) groups is 1. The van der Waals surface area contributed by atoms with E-state index in [0.717, 1.165) is 141 Å². The van der Waals surface area contributed by atoms with Gasteiger partial charge < -0.3 is 23.2 Å². The van der Waals surface area contributed by atoms with E-state index in [1.54, 1.807) is 0 Å². The van der Waals surface area contributed by atoms with E-state index >= 15 is 0 Å². The van der Waals surface area contributed by atoms with E-state index in [1.807, 2.05) is 122 Å². The summed E-state index contributed by atoms with van der Waals surface area (Å²) in [6.45, 7) is 5.44. The van der Waals surface area contributed by atoms with Gasteiger partial charge in [0.15, 0.2) is 11.5 Å². The topological polar surface area (TPSA) is 93.8 Å². The standard InChI is InChI=1S/C62H53N4O5/c1-2-68-62(67)48-30-16-15-29-47(48)57-49-37-45-27-17-33-65(35-31-51-58(41-19-7-3-8-20-41)70-60(63-51)43-23-11-5-12-24-43)53(45)39-55(49)69-56-40-54-46(38-50(56)57)28-18-34-66(54)36-32-52-59(42-21-9-4-10-22-42)71-61(64-52)44-25-13-6-14-26-44/h3-16,19-26,29-30,37-40H,2,17-18,27-28,31-36H2,1H3/q+1. The van der Waals surface area contributed by atoms with Crippen LogP contribution in [0.25, 0.3) is 51.1 Å². The lowest BCUT2D eigenvalue weighted by Gasteiger charge is -2.33. The van der Waals surface area contributed by atoms with Crippen LogP contribution >= 0.6 is 0 Å². The summed E-state index contributed by atoms with van der Waals surface area (Å²) in [5.74, 6) is 4.05. The molecule has 2 aromatic heterocycles. The van der Waals surface area contributed by atoms with Crippen molar-refractivity contribution in [2.45, 2.75) is 45.4 Å². The predicted molar refractivity (Wildman–Crippen MR) is 278 cm³/mol. The maximum atomic E-state index is 13.8. The van der Waals surface area contributed by atoms with Gasteiger partial charge in [0, 0.05) is 81.9 Å². The number of carbonyl (C=O) groups excluding carboxylic acids is 1. The molecule has 9 nitrogen and oxygen atoms in total. The second-order valence-electron chi connectivity index (χ2n) is 18.4. The number of fused-ring (bicyclic) bond motifs is 4. The van der Waals surface area contributed by atoms with Crippen molar-refractivity contribution >= 4 is 17.2 Å². The number of esters is 1. The van der Waals surface area contributed by atoms with Crippen molar-refractivity contribution in [3.05, 3.63) is 220 Å². The Morgan fingerprint density at radius 3 is 1.86 bits per heavy atom. The first kappa shape index (κ1) is 43.9. The molecule has 0 bridgehead atoms. The molecular formula is C62H53N4O5+. The van der Waals surface area contributed by atoms with E-state index in [1.165, 1.54) is 11.1 Å². The molecule has 0 aliphatic carbocycles. The predicted octanol–water partition coefficient (Wildman–Crippen LogP) is 11.5. The molecule has 5 heterocycles. The molecule has 0 saturated carbocycles. The number of oxazole rings is 2. The van der Waals surface area contributed by atoms with E-state index in [4.69, 9.17) is 28.3 Å². The Labute approximate surface area is 413 Å². The van der Waals surface area contributed by atoms with Crippen LogP contribution in [-0.4, -0.2) is 48.7 Å². The molecular weight excluding hydrogens is 881 g/mol. The highest BCUT2D eigenvalue weighted by Gasteiger charge is 2.31. The first-order valence-corrected chi connectivity index (χ1v) is 24.9. The third-order valence-electron chi connectivity index (χ3n) is 14.0. The maximum absolute atomic E-state index is 13.8. The highest BCUT2D eigenvalue weighted by atomic mass is 16.5. The Morgan fingerprint density at radius 2 is 1.21 bits per heavy atom. The van der Waals surface area contributed by atoms with Gasteiger partial charge in [-0.15, -0.1) is 0 Å². The average molecular weight is 934 g/mol. The molecule has 0 N–H and O–H groups in total. The van der Waals surface area contributed by atoms with Crippen molar-refractivity contribution in [2.24, 2.45) is 0 Å². The summed E-state index contributed by atoms with van der Waals surface area (Å²) < 4.78 is 28.4. The second-order valence-corrected chi connectivity index (χ2v) is 18.4. The van der Waals surface area contributed by atoms with Crippen LogP contribution in [-0.2, 0) is 30.4 Å². The largest absolute Gasteiger partial charge is 0.462 e.